The van der Waals surface area contributed by atoms with E-state index in [1.165, 1.54) is 11.8 Å². The van der Waals surface area contributed by atoms with E-state index in [1.54, 1.807) is 6.20 Å². The van der Waals surface area contributed by atoms with Crippen molar-refractivity contribution in [1.29, 1.82) is 0 Å². The Bertz CT molecular complexity index is 586. The standard InChI is InChI=1S/C14H15N3OS/c1-10-4-3-5-12(8-10)17-13(18)9-19-14-15-7-6-11(2)16-14/h3-8H,9H2,1-2H3,(H,17,18). The molecule has 0 spiro atoms. The summed E-state index contributed by atoms with van der Waals surface area (Å²) in [5.74, 6) is 0.248. The van der Waals surface area contributed by atoms with Crippen LogP contribution in [0.5, 0.6) is 0 Å². The molecule has 0 unspecified atom stereocenters. The zero-order valence-electron chi connectivity index (χ0n) is 10.9. The lowest BCUT2D eigenvalue weighted by Gasteiger charge is -2.05. The van der Waals surface area contributed by atoms with Crippen molar-refractivity contribution < 1.29 is 4.79 Å². The maximum Gasteiger partial charge on any atom is 0.234 e. The topological polar surface area (TPSA) is 54.9 Å². The highest BCUT2D eigenvalue weighted by molar-refractivity contribution is 7.99. The van der Waals surface area contributed by atoms with Gasteiger partial charge < -0.3 is 5.32 Å². The largest absolute Gasteiger partial charge is 0.325 e. The molecule has 1 N–H and O–H groups in total. The fourth-order valence-electron chi connectivity index (χ4n) is 1.55. The number of amides is 1. The van der Waals surface area contributed by atoms with Crippen LogP contribution in [-0.4, -0.2) is 21.6 Å². The highest BCUT2D eigenvalue weighted by Crippen LogP contribution is 2.14. The molecule has 19 heavy (non-hydrogen) atoms. The summed E-state index contributed by atoms with van der Waals surface area (Å²) in [5.41, 5.74) is 2.83. The zero-order valence-corrected chi connectivity index (χ0v) is 11.7. The Morgan fingerprint density at radius 1 is 1.32 bits per heavy atom. The lowest BCUT2D eigenvalue weighted by Crippen LogP contribution is -2.14. The minimum Gasteiger partial charge on any atom is -0.325 e. The van der Waals surface area contributed by atoms with Crippen molar-refractivity contribution >= 4 is 23.4 Å². The Morgan fingerprint density at radius 2 is 2.16 bits per heavy atom. The summed E-state index contributed by atoms with van der Waals surface area (Å²) in [7, 11) is 0. The van der Waals surface area contributed by atoms with Crippen molar-refractivity contribution in [3.8, 4) is 0 Å². The summed E-state index contributed by atoms with van der Waals surface area (Å²) >= 11 is 1.33. The number of nitrogens with one attached hydrogen (secondary N) is 1. The van der Waals surface area contributed by atoms with Crippen LogP contribution in [0, 0.1) is 13.8 Å². The predicted molar refractivity (Wildman–Crippen MR) is 77.3 cm³/mol. The zero-order chi connectivity index (χ0) is 13.7. The number of nitrogens with zero attached hydrogens (tertiary/aromatic N) is 2. The quantitative estimate of drug-likeness (QED) is 0.687. The summed E-state index contributed by atoms with van der Waals surface area (Å²) in [6, 6.07) is 9.55. The van der Waals surface area contributed by atoms with E-state index in [1.807, 2.05) is 44.2 Å². The molecule has 1 heterocycles. The fourth-order valence-corrected chi connectivity index (χ4v) is 2.22. The Labute approximate surface area is 116 Å². The van der Waals surface area contributed by atoms with E-state index in [0.717, 1.165) is 16.9 Å². The molecule has 1 aromatic carbocycles. The normalized spacial score (nSPS) is 10.2. The van der Waals surface area contributed by atoms with Crippen LogP contribution >= 0.6 is 11.8 Å². The summed E-state index contributed by atoms with van der Waals surface area (Å²) in [6.07, 6.45) is 1.70. The van der Waals surface area contributed by atoms with Crippen molar-refractivity contribution in [1.82, 2.24) is 9.97 Å². The minimum atomic E-state index is -0.0549. The number of anilines is 1. The Balaban J connectivity index is 1.88. The first kappa shape index (κ1) is 13.5. The van der Waals surface area contributed by atoms with Gasteiger partial charge in [0.1, 0.15) is 0 Å². The van der Waals surface area contributed by atoms with Crippen LogP contribution in [0.25, 0.3) is 0 Å². The number of carbonyl (C=O) groups excluding carboxylic acids is 1. The molecule has 0 aliphatic rings. The number of carbonyl (C=O) groups is 1. The molecule has 0 saturated heterocycles. The van der Waals surface area contributed by atoms with Crippen molar-refractivity contribution in [2.75, 3.05) is 11.1 Å². The van der Waals surface area contributed by atoms with Gasteiger partial charge in [0, 0.05) is 17.6 Å². The highest BCUT2D eigenvalue weighted by Gasteiger charge is 2.05. The number of benzene rings is 1. The van der Waals surface area contributed by atoms with Gasteiger partial charge in [-0.3, -0.25) is 4.79 Å². The fraction of sp³-hybridized carbons (Fsp3) is 0.214. The summed E-state index contributed by atoms with van der Waals surface area (Å²) in [6.45, 7) is 3.89. The van der Waals surface area contributed by atoms with E-state index in [2.05, 4.69) is 15.3 Å². The second-order valence-electron chi connectivity index (χ2n) is 4.19. The maximum absolute atomic E-state index is 11.8. The molecule has 0 aliphatic heterocycles. The van der Waals surface area contributed by atoms with Crippen LogP contribution < -0.4 is 5.32 Å². The number of aromatic nitrogens is 2. The van der Waals surface area contributed by atoms with Gasteiger partial charge in [0.05, 0.1) is 5.75 Å². The van der Waals surface area contributed by atoms with Crippen LogP contribution in [-0.2, 0) is 4.79 Å². The van der Waals surface area contributed by atoms with Crippen molar-refractivity contribution in [3.63, 3.8) is 0 Å². The molecular weight excluding hydrogens is 258 g/mol. The molecule has 0 aliphatic carbocycles. The van der Waals surface area contributed by atoms with Crippen LogP contribution in [0.2, 0.25) is 0 Å². The van der Waals surface area contributed by atoms with Crippen molar-refractivity contribution in [3.05, 3.63) is 47.8 Å². The van der Waals surface area contributed by atoms with Gasteiger partial charge in [0.25, 0.3) is 0 Å². The number of hydrogen-bond acceptors (Lipinski definition) is 4. The van der Waals surface area contributed by atoms with E-state index in [4.69, 9.17) is 0 Å². The monoisotopic (exact) mass is 273 g/mol. The minimum absolute atomic E-state index is 0.0549. The molecule has 0 saturated carbocycles. The molecular formula is C14H15N3OS. The third-order valence-corrected chi connectivity index (χ3v) is 3.27. The molecule has 1 aromatic heterocycles. The lowest BCUT2D eigenvalue weighted by atomic mass is 10.2. The first-order valence-electron chi connectivity index (χ1n) is 5.92. The first-order valence-corrected chi connectivity index (χ1v) is 6.91. The summed E-state index contributed by atoms with van der Waals surface area (Å²) in [4.78, 5) is 20.1. The second kappa shape index (κ2) is 6.33. The van der Waals surface area contributed by atoms with Gasteiger partial charge in [-0.05, 0) is 37.6 Å². The van der Waals surface area contributed by atoms with Gasteiger partial charge in [-0.15, -0.1) is 0 Å². The molecule has 5 heteroatoms. The van der Waals surface area contributed by atoms with E-state index < -0.39 is 0 Å². The third-order valence-electron chi connectivity index (χ3n) is 2.41. The molecule has 4 nitrogen and oxygen atoms in total. The van der Waals surface area contributed by atoms with Gasteiger partial charge in [-0.1, -0.05) is 23.9 Å². The van der Waals surface area contributed by atoms with Gasteiger partial charge in [0.15, 0.2) is 5.16 Å². The first-order chi connectivity index (χ1) is 9.13. The molecule has 0 bridgehead atoms. The van der Waals surface area contributed by atoms with E-state index >= 15 is 0 Å². The number of rotatable bonds is 4. The molecule has 2 rings (SSSR count). The van der Waals surface area contributed by atoms with Gasteiger partial charge in [-0.2, -0.15) is 0 Å². The van der Waals surface area contributed by atoms with E-state index in [-0.39, 0.29) is 5.91 Å². The summed E-state index contributed by atoms with van der Waals surface area (Å²) in [5, 5.41) is 3.48. The Hall–Kier alpha value is -1.88. The van der Waals surface area contributed by atoms with Crippen LogP contribution in [0.1, 0.15) is 11.3 Å². The number of hydrogen-bond donors (Lipinski definition) is 1. The molecule has 0 radical (unpaired) electrons. The molecule has 0 atom stereocenters. The molecule has 0 fully saturated rings. The van der Waals surface area contributed by atoms with Gasteiger partial charge in [-0.25, -0.2) is 9.97 Å². The number of thioether (sulfide) groups is 1. The van der Waals surface area contributed by atoms with E-state index in [0.29, 0.717) is 10.9 Å². The smallest absolute Gasteiger partial charge is 0.234 e. The van der Waals surface area contributed by atoms with Crippen LogP contribution in [0.3, 0.4) is 0 Å². The Morgan fingerprint density at radius 3 is 2.89 bits per heavy atom. The SMILES string of the molecule is Cc1cccc(NC(=O)CSc2nccc(C)n2)c1. The maximum atomic E-state index is 11.8. The molecule has 2 aromatic rings. The third kappa shape index (κ3) is 4.37. The number of aryl methyl sites for hydroxylation is 2. The second-order valence-corrected chi connectivity index (χ2v) is 5.13. The van der Waals surface area contributed by atoms with Crippen molar-refractivity contribution in [2.45, 2.75) is 19.0 Å². The van der Waals surface area contributed by atoms with Gasteiger partial charge in [0.2, 0.25) is 5.91 Å². The van der Waals surface area contributed by atoms with E-state index in [9.17, 15) is 4.79 Å². The van der Waals surface area contributed by atoms with Crippen LogP contribution in [0.4, 0.5) is 5.69 Å². The Kier molecular flexibility index (Phi) is 4.52. The highest BCUT2D eigenvalue weighted by atomic mass is 32.2. The predicted octanol–water partition coefficient (Wildman–Crippen LogP) is 2.82. The lowest BCUT2D eigenvalue weighted by molar-refractivity contribution is -0.113. The average Bonchev–Trinajstić information content (AvgIpc) is 2.36. The molecule has 1 amide bonds. The molecule has 98 valence electrons. The van der Waals surface area contributed by atoms with Crippen LogP contribution in [0.15, 0.2) is 41.7 Å². The van der Waals surface area contributed by atoms with Crippen molar-refractivity contribution in [2.24, 2.45) is 0 Å². The van der Waals surface area contributed by atoms with Gasteiger partial charge >= 0.3 is 0 Å². The average molecular weight is 273 g/mol. The summed E-state index contributed by atoms with van der Waals surface area (Å²) < 4.78 is 0.